The summed E-state index contributed by atoms with van der Waals surface area (Å²) >= 11 is 6.13. The first-order valence-corrected chi connectivity index (χ1v) is 13.4. The molecule has 1 N–H and O–H groups in total. The molecule has 0 saturated carbocycles. The van der Waals surface area contributed by atoms with Crippen molar-refractivity contribution in [2.75, 3.05) is 18.0 Å². The molecule has 0 aliphatic carbocycles. The first-order chi connectivity index (χ1) is 18.4. The molecule has 0 unspecified atom stereocenters. The number of hydrogen-bond acceptors (Lipinski definition) is 8. The van der Waals surface area contributed by atoms with Gasteiger partial charge >= 0.3 is 0 Å². The quantitative estimate of drug-likeness (QED) is 0.199. The first-order valence-electron chi connectivity index (χ1n) is 11.6. The number of carbonyl (C=O) groups is 1. The number of nitro groups is 1. The van der Waals surface area contributed by atoms with Gasteiger partial charge in [0.1, 0.15) is 18.0 Å². The van der Waals surface area contributed by atoms with Crippen LogP contribution in [-0.4, -0.2) is 45.2 Å². The molecule has 0 radical (unpaired) electrons. The maximum absolute atomic E-state index is 13.7. The van der Waals surface area contributed by atoms with Crippen molar-refractivity contribution < 1.29 is 27.6 Å². The van der Waals surface area contributed by atoms with Gasteiger partial charge in [-0.2, -0.15) is 5.10 Å². The predicted molar refractivity (Wildman–Crippen MR) is 148 cm³/mol. The van der Waals surface area contributed by atoms with E-state index in [9.17, 15) is 23.3 Å². The second-order valence-electron chi connectivity index (χ2n) is 8.56. The maximum atomic E-state index is 13.7. The van der Waals surface area contributed by atoms with Crippen LogP contribution < -0.4 is 19.2 Å². The monoisotopic (exact) mass is 574 g/mol. The van der Waals surface area contributed by atoms with E-state index in [0.29, 0.717) is 11.3 Å². The number of nitrogens with one attached hydrogen (secondary N) is 1. The van der Waals surface area contributed by atoms with Crippen LogP contribution in [-0.2, 0) is 14.8 Å². The van der Waals surface area contributed by atoms with Crippen molar-refractivity contribution in [1.82, 2.24) is 5.43 Å². The number of amides is 1. The molecule has 39 heavy (non-hydrogen) atoms. The van der Waals surface area contributed by atoms with Gasteiger partial charge in [-0.3, -0.25) is 19.2 Å². The molecule has 11 nitrogen and oxygen atoms in total. The summed E-state index contributed by atoms with van der Waals surface area (Å²) in [5.74, 6) is 0.0154. The molecule has 0 aliphatic rings. The normalized spacial score (nSPS) is 11.4. The maximum Gasteiger partial charge on any atom is 0.273 e. The van der Waals surface area contributed by atoms with Gasteiger partial charge in [-0.05, 0) is 74.9 Å². The second-order valence-corrected chi connectivity index (χ2v) is 10.9. The highest BCUT2D eigenvalue weighted by Gasteiger charge is 2.31. The number of benzene rings is 3. The van der Waals surface area contributed by atoms with E-state index in [1.54, 1.807) is 24.3 Å². The molecule has 0 bridgehead atoms. The van der Waals surface area contributed by atoms with Crippen LogP contribution in [0.3, 0.4) is 0 Å². The summed E-state index contributed by atoms with van der Waals surface area (Å²) in [6.45, 7) is 4.59. The van der Waals surface area contributed by atoms with E-state index in [1.165, 1.54) is 50.6 Å². The minimum absolute atomic E-state index is 0.0206. The van der Waals surface area contributed by atoms with Gasteiger partial charge in [-0.1, -0.05) is 17.7 Å². The number of methoxy groups -OCH3 is 1. The summed E-state index contributed by atoms with van der Waals surface area (Å²) in [5, 5.41) is 15.5. The predicted octanol–water partition coefficient (Wildman–Crippen LogP) is 4.70. The Morgan fingerprint density at radius 3 is 2.46 bits per heavy atom. The Hall–Kier alpha value is -4.16. The van der Waals surface area contributed by atoms with Gasteiger partial charge in [-0.15, -0.1) is 0 Å². The Balaban J connectivity index is 1.91. The Kier molecular flexibility index (Phi) is 9.49. The van der Waals surface area contributed by atoms with Gasteiger partial charge < -0.3 is 9.47 Å². The number of halogens is 1. The van der Waals surface area contributed by atoms with Crippen LogP contribution in [0.4, 0.5) is 11.4 Å². The lowest BCUT2D eigenvalue weighted by molar-refractivity contribution is -0.385. The highest BCUT2D eigenvalue weighted by Crippen LogP contribution is 2.35. The van der Waals surface area contributed by atoms with E-state index < -0.39 is 27.4 Å². The summed E-state index contributed by atoms with van der Waals surface area (Å²) in [6.07, 6.45) is 1.41. The largest absolute Gasteiger partial charge is 0.495 e. The Bertz CT molecular complexity index is 1490. The highest BCUT2D eigenvalue weighted by atomic mass is 35.5. The molecule has 0 saturated heterocycles. The lowest BCUT2D eigenvalue weighted by Gasteiger charge is -2.25. The van der Waals surface area contributed by atoms with Gasteiger partial charge in [0.15, 0.2) is 0 Å². The van der Waals surface area contributed by atoms with Crippen molar-refractivity contribution in [3.05, 3.63) is 86.9 Å². The van der Waals surface area contributed by atoms with Crippen LogP contribution in [0.15, 0.2) is 70.7 Å². The zero-order valence-electron chi connectivity index (χ0n) is 21.6. The summed E-state index contributed by atoms with van der Waals surface area (Å²) in [7, 11) is -3.17. The highest BCUT2D eigenvalue weighted by molar-refractivity contribution is 7.92. The molecule has 1 amide bonds. The van der Waals surface area contributed by atoms with E-state index in [4.69, 9.17) is 21.1 Å². The number of hydrogen-bond donors (Lipinski definition) is 1. The van der Waals surface area contributed by atoms with Crippen LogP contribution in [0.2, 0.25) is 5.02 Å². The third-order valence-corrected chi connectivity index (χ3v) is 7.31. The molecule has 0 spiro atoms. The number of anilines is 1. The minimum atomic E-state index is -4.50. The number of hydrazone groups is 1. The van der Waals surface area contributed by atoms with Gasteiger partial charge in [0.25, 0.3) is 21.6 Å². The lowest BCUT2D eigenvalue weighted by atomic mass is 10.2. The Morgan fingerprint density at radius 2 is 1.85 bits per heavy atom. The fraction of sp³-hybridized carbons (Fsp3) is 0.231. The number of nitrogens with zero attached hydrogens (tertiary/aromatic N) is 3. The number of rotatable bonds is 11. The van der Waals surface area contributed by atoms with Crippen LogP contribution in [0.25, 0.3) is 0 Å². The van der Waals surface area contributed by atoms with E-state index >= 15 is 0 Å². The molecular weight excluding hydrogens is 548 g/mol. The molecule has 0 atom stereocenters. The molecular formula is C26H27ClN4O7S. The zero-order valence-corrected chi connectivity index (χ0v) is 23.2. The van der Waals surface area contributed by atoms with Crippen molar-refractivity contribution in [3.8, 4) is 11.5 Å². The van der Waals surface area contributed by atoms with Gasteiger partial charge in [0, 0.05) is 16.7 Å². The summed E-state index contributed by atoms with van der Waals surface area (Å²) in [6, 6.07) is 14.7. The van der Waals surface area contributed by atoms with E-state index in [1.807, 2.05) is 13.8 Å². The van der Waals surface area contributed by atoms with E-state index in [0.717, 1.165) is 10.4 Å². The smallest absolute Gasteiger partial charge is 0.273 e. The Labute approximate surface area is 231 Å². The average Bonchev–Trinajstić information content (AvgIpc) is 2.88. The topological polar surface area (TPSA) is 140 Å². The number of sulfonamides is 1. The fourth-order valence-electron chi connectivity index (χ4n) is 3.48. The van der Waals surface area contributed by atoms with Crippen LogP contribution in [0.1, 0.15) is 25.0 Å². The lowest BCUT2D eigenvalue weighted by Crippen LogP contribution is -2.39. The molecule has 3 rings (SSSR count). The SMILES string of the molecule is COc1ccc(Cl)cc1N(CC(=O)N/N=C\c1ccc(OC(C)C)cc1)S(=O)(=O)c1ccc(C)c([N+](=O)[O-])c1. The number of carbonyl (C=O) groups excluding carboxylic acids is 1. The first kappa shape index (κ1) is 29.4. The third kappa shape index (κ3) is 7.45. The number of nitro benzene ring substituents is 1. The van der Waals surface area contributed by atoms with Crippen molar-refractivity contribution in [1.29, 1.82) is 0 Å². The van der Waals surface area contributed by atoms with Crippen LogP contribution in [0.5, 0.6) is 11.5 Å². The summed E-state index contributed by atoms with van der Waals surface area (Å²) in [4.78, 5) is 23.2. The van der Waals surface area contributed by atoms with Gasteiger partial charge in [0.05, 0.1) is 34.9 Å². The number of ether oxygens (including phenoxy) is 2. The molecule has 3 aromatic rings. The third-order valence-electron chi connectivity index (χ3n) is 5.32. The summed E-state index contributed by atoms with van der Waals surface area (Å²) < 4.78 is 39.1. The van der Waals surface area contributed by atoms with Crippen molar-refractivity contribution >= 4 is 45.1 Å². The van der Waals surface area contributed by atoms with Crippen molar-refractivity contribution in [3.63, 3.8) is 0 Å². The van der Waals surface area contributed by atoms with Crippen molar-refractivity contribution in [2.45, 2.75) is 31.8 Å². The van der Waals surface area contributed by atoms with Gasteiger partial charge in [-0.25, -0.2) is 13.8 Å². The summed E-state index contributed by atoms with van der Waals surface area (Å²) in [5.41, 5.74) is 2.83. The molecule has 0 fully saturated rings. The molecule has 0 aromatic heterocycles. The van der Waals surface area contributed by atoms with E-state index in [-0.39, 0.29) is 38.7 Å². The van der Waals surface area contributed by atoms with Crippen LogP contribution in [0, 0.1) is 17.0 Å². The zero-order chi connectivity index (χ0) is 28.7. The minimum Gasteiger partial charge on any atom is -0.495 e. The Morgan fingerprint density at radius 1 is 1.15 bits per heavy atom. The standard InChI is InChI=1S/C26H27ClN4O7S/c1-17(2)38-21-9-6-19(7-10-21)15-28-29-26(32)16-30(24-13-20(27)8-12-25(24)37-4)39(35,36)22-11-5-18(3)23(14-22)31(33)34/h5-15,17H,16H2,1-4H3,(H,29,32)/b28-15-. The molecule has 13 heteroatoms. The van der Waals surface area contributed by atoms with Crippen LogP contribution >= 0.6 is 11.6 Å². The molecule has 0 heterocycles. The van der Waals surface area contributed by atoms with Crippen molar-refractivity contribution in [2.24, 2.45) is 5.10 Å². The fourth-order valence-corrected chi connectivity index (χ4v) is 5.09. The second kappa shape index (κ2) is 12.6. The van der Waals surface area contributed by atoms with E-state index in [2.05, 4.69) is 10.5 Å². The molecule has 3 aromatic carbocycles. The molecule has 206 valence electrons. The van der Waals surface area contributed by atoms with Gasteiger partial charge in [0.2, 0.25) is 0 Å². The average molecular weight is 575 g/mol. The molecule has 0 aliphatic heterocycles. The number of aryl methyl sites for hydroxylation is 1.